The first-order valence-corrected chi connectivity index (χ1v) is 5.09. The minimum atomic E-state index is -0.0285. The highest BCUT2D eigenvalue weighted by Crippen LogP contribution is 2.38. The van der Waals surface area contributed by atoms with E-state index in [2.05, 4.69) is 27.7 Å². The normalized spacial score (nSPS) is 23.8. The molecule has 1 nitrogen and oxygen atoms in total. The molecule has 72 valence electrons. The van der Waals surface area contributed by atoms with Crippen molar-refractivity contribution in [2.24, 2.45) is 17.3 Å². The zero-order valence-electron chi connectivity index (χ0n) is 8.80. The molecule has 0 aromatic carbocycles. The summed E-state index contributed by atoms with van der Waals surface area (Å²) in [6, 6.07) is 0. The monoisotopic (exact) mass is 170 g/mol. The smallest absolute Gasteiger partial charge is 0.0571 e. The highest BCUT2D eigenvalue weighted by molar-refractivity contribution is 4.84. The fourth-order valence-electron chi connectivity index (χ4n) is 1.39. The summed E-state index contributed by atoms with van der Waals surface area (Å²) in [7, 11) is 0. The van der Waals surface area contributed by atoms with Gasteiger partial charge in [0, 0.05) is 0 Å². The summed E-state index contributed by atoms with van der Waals surface area (Å²) in [5, 5.41) is 9.72. The van der Waals surface area contributed by atoms with E-state index in [9.17, 15) is 5.11 Å². The van der Waals surface area contributed by atoms with Crippen molar-refractivity contribution in [3.05, 3.63) is 0 Å². The molecule has 0 aromatic heterocycles. The average molecular weight is 170 g/mol. The molecule has 1 fully saturated rings. The number of aliphatic hydroxyl groups is 1. The Morgan fingerprint density at radius 2 is 1.83 bits per heavy atom. The molecule has 0 aliphatic heterocycles. The number of rotatable bonds is 3. The maximum absolute atomic E-state index is 9.72. The third kappa shape index (κ3) is 2.78. The van der Waals surface area contributed by atoms with Crippen molar-refractivity contribution in [2.75, 3.05) is 0 Å². The van der Waals surface area contributed by atoms with Gasteiger partial charge in [-0.1, -0.05) is 27.7 Å². The SMILES string of the molecule is CC(CC(O)C1CC1)C(C)(C)C. The molecule has 0 heterocycles. The molecule has 0 aromatic rings. The Morgan fingerprint density at radius 1 is 1.33 bits per heavy atom. The van der Waals surface area contributed by atoms with E-state index < -0.39 is 0 Å². The van der Waals surface area contributed by atoms with Gasteiger partial charge in [-0.3, -0.25) is 0 Å². The van der Waals surface area contributed by atoms with Crippen LogP contribution < -0.4 is 0 Å². The zero-order chi connectivity index (χ0) is 9.35. The molecule has 1 heteroatoms. The molecule has 0 amide bonds. The first-order valence-electron chi connectivity index (χ1n) is 5.09. The van der Waals surface area contributed by atoms with Crippen LogP contribution in [0.25, 0.3) is 0 Å². The van der Waals surface area contributed by atoms with Gasteiger partial charge in [0.15, 0.2) is 0 Å². The minimum absolute atomic E-state index is 0.0285. The summed E-state index contributed by atoms with van der Waals surface area (Å²) in [6.07, 6.45) is 3.45. The fraction of sp³-hybridized carbons (Fsp3) is 1.00. The van der Waals surface area contributed by atoms with Crippen molar-refractivity contribution in [2.45, 2.75) is 53.1 Å². The van der Waals surface area contributed by atoms with Crippen LogP contribution in [0, 0.1) is 17.3 Å². The van der Waals surface area contributed by atoms with Crippen LogP contribution in [0.5, 0.6) is 0 Å². The Morgan fingerprint density at radius 3 is 2.17 bits per heavy atom. The molecule has 1 rings (SSSR count). The molecule has 12 heavy (non-hydrogen) atoms. The maximum atomic E-state index is 9.72. The summed E-state index contributed by atoms with van der Waals surface area (Å²) in [5.41, 5.74) is 0.343. The van der Waals surface area contributed by atoms with Crippen LogP contribution in [-0.4, -0.2) is 11.2 Å². The predicted molar refractivity (Wildman–Crippen MR) is 52.0 cm³/mol. The van der Waals surface area contributed by atoms with Crippen molar-refractivity contribution in [3.8, 4) is 0 Å². The van der Waals surface area contributed by atoms with Gasteiger partial charge >= 0.3 is 0 Å². The number of hydrogen-bond donors (Lipinski definition) is 1. The lowest BCUT2D eigenvalue weighted by Crippen LogP contribution is -2.23. The second-order valence-electron chi connectivity index (χ2n) is 5.41. The summed E-state index contributed by atoms with van der Waals surface area (Å²) < 4.78 is 0. The van der Waals surface area contributed by atoms with E-state index in [4.69, 9.17) is 0 Å². The summed E-state index contributed by atoms with van der Waals surface area (Å²) in [6.45, 7) is 8.98. The van der Waals surface area contributed by atoms with Crippen LogP contribution in [-0.2, 0) is 0 Å². The Kier molecular flexibility index (Phi) is 2.82. The van der Waals surface area contributed by atoms with Crippen LogP contribution in [0.4, 0.5) is 0 Å². The second-order valence-corrected chi connectivity index (χ2v) is 5.41. The molecule has 0 spiro atoms. The molecule has 0 saturated heterocycles. The lowest BCUT2D eigenvalue weighted by atomic mass is 9.78. The zero-order valence-corrected chi connectivity index (χ0v) is 8.80. The fourth-order valence-corrected chi connectivity index (χ4v) is 1.39. The Labute approximate surface area is 76.2 Å². The van der Waals surface area contributed by atoms with E-state index in [0.29, 0.717) is 17.3 Å². The van der Waals surface area contributed by atoms with E-state index in [1.165, 1.54) is 12.8 Å². The molecule has 0 bridgehead atoms. The molecular formula is C11H22O. The molecule has 2 unspecified atom stereocenters. The van der Waals surface area contributed by atoms with Gasteiger partial charge in [-0.2, -0.15) is 0 Å². The number of hydrogen-bond acceptors (Lipinski definition) is 1. The first kappa shape index (κ1) is 10.0. The first-order chi connectivity index (χ1) is 5.41. The van der Waals surface area contributed by atoms with Crippen molar-refractivity contribution in [1.82, 2.24) is 0 Å². The topological polar surface area (TPSA) is 20.2 Å². The van der Waals surface area contributed by atoms with E-state index in [-0.39, 0.29) is 6.10 Å². The Balaban J connectivity index is 2.29. The Bertz CT molecular complexity index is 142. The van der Waals surface area contributed by atoms with Crippen LogP contribution in [0.3, 0.4) is 0 Å². The number of aliphatic hydroxyl groups excluding tert-OH is 1. The summed E-state index contributed by atoms with van der Waals surface area (Å²) >= 11 is 0. The molecule has 1 aliphatic rings. The van der Waals surface area contributed by atoms with Gasteiger partial charge in [0.2, 0.25) is 0 Å². The van der Waals surface area contributed by atoms with Gasteiger partial charge in [0.25, 0.3) is 0 Å². The molecular weight excluding hydrogens is 148 g/mol. The highest BCUT2D eigenvalue weighted by Gasteiger charge is 2.32. The quantitative estimate of drug-likeness (QED) is 0.690. The Hall–Kier alpha value is -0.0400. The summed E-state index contributed by atoms with van der Waals surface area (Å²) in [4.78, 5) is 0. The average Bonchev–Trinajstić information content (AvgIpc) is 2.65. The molecule has 0 radical (unpaired) electrons. The van der Waals surface area contributed by atoms with E-state index in [0.717, 1.165) is 6.42 Å². The molecule has 1 aliphatic carbocycles. The van der Waals surface area contributed by atoms with Crippen molar-refractivity contribution in [1.29, 1.82) is 0 Å². The van der Waals surface area contributed by atoms with Gasteiger partial charge in [-0.05, 0) is 36.5 Å². The lowest BCUT2D eigenvalue weighted by molar-refractivity contribution is 0.0931. The van der Waals surface area contributed by atoms with E-state index in [1.54, 1.807) is 0 Å². The minimum Gasteiger partial charge on any atom is -0.393 e. The van der Waals surface area contributed by atoms with Gasteiger partial charge in [0.1, 0.15) is 0 Å². The van der Waals surface area contributed by atoms with E-state index in [1.807, 2.05) is 0 Å². The maximum Gasteiger partial charge on any atom is 0.0571 e. The van der Waals surface area contributed by atoms with Crippen molar-refractivity contribution < 1.29 is 5.11 Å². The largest absolute Gasteiger partial charge is 0.393 e. The van der Waals surface area contributed by atoms with Crippen LogP contribution in [0.15, 0.2) is 0 Å². The van der Waals surface area contributed by atoms with E-state index >= 15 is 0 Å². The van der Waals surface area contributed by atoms with Gasteiger partial charge in [-0.15, -0.1) is 0 Å². The lowest BCUT2D eigenvalue weighted by Gasteiger charge is -2.29. The molecule has 1 saturated carbocycles. The van der Waals surface area contributed by atoms with Crippen LogP contribution in [0.1, 0.15) is 47.0 Å². The molecule has 1 N–H and O–H groups in total. The van der Waals surface area contributed by atoms with Crippen LogP contribution >= 0.6 is 0 Å². The van der Waals surface area contributed by atoms with Gasteiger partial charge < -0.3 is 5.11 Å². The van der Waals surface area contributed by atoms with Gasteiger partial charge in [-0.25, -0.2) is 0 Å². The second kappa shape index (κ2) is 3.37. The van der Waals surface area contributed by atoms with Crippen LogP contribution in [0.2, 0.25) is 0 Å². The van der Waals surface area contributed by atoms with Crippen molar-refractivity contribution >= 4 is 0 Å². The molecule has 2 atom stereocenters. The van der Waals surface area contributed by atoms with Crippen molar-refractivity contribution in [3.63, 3.8) is 0 Å². The summed E-state index contributed by atoms with van der Waals surface area (Å²) in [5.74, 6) is 1.25. The standard InChI is InChI=1S/C11H22O/c1-8(11(2,3)4)7-10(12)9-5-6-9/h8-10,12H,5-7H2,1-4H3. The third-order valence-electron chi connectivity index (χ3n) is 3.24. The predicted octanol–water partition coefficient (Wildman–Crippen LogP) is 2.83. The highest BCUT2D eigenvalue weighted by atomic mass is 16.3. The van der Waals surface area contributed by atoms with Gasteiger partial charge in [0.05, 0.1) is 6.10 Å². The third-order valence-corrected chi connectivity index (χ3v) is 3.24.